The Morgan fingerprint density at radius 1 is 0.973 bits per heavy atom. The van der Waals surface area contributed by atoms with Gasteiger partial charge in [0.15, 0.2) is 0 Å². The van der Waals surface area contributed by atoms with Crippen molar-refractivity contribution in [3.8, 4) is 0 Å². The fraction of sp³-hybridized carbons (Fsp3) is 0.333. The van der Waals surface area contributed by atoms with Crippen molar-refractivity contribution in [2.75, 3.05) is 17.2 Å². The minimum Gasteiger partial charge on any atom is -0.326 e. The maximum atomic E-state index is 13.9. The first-order valence-corrected chi connectivity index (χ1v) is 13.0. The Balaban J connectivity index is 1.66. The predicted octanol–water partition coefficient (Wildman–Crippen LogP) is 3.96. The van der Waals surface area contributed by atoms with E-state index in [1.807, 2.05) is 4.90 Å². The zero-order valence-corrected chi connectivity index (χ0v) is 22.4. The third-order valence-electron chi connectivity index (χ3n) is 7.10. The molecule has 2 fully saturated rings. The molecule has 0 aromatic heterocycles. The van der Waals surface area contributed by atoms with E-state index in [4.69, 9.17) is 46.4 Å². The van der Waals surface area contributed by atoms with Gasteiger partial charge in [-0.25, -0.2) is 0 Å². The van der Waals surface area contributed by atoms with E-state index in [0.29, 0.717) is 46.4 Å². The van der Waals surface area contributed by atoms with Crippen LogP contribution in [-0.4, -0.2) is 41.1 Å². The number of nitrogens with zero attached hydrogens (tertiary/aromatic N) is 1. The Kier molecular flexibility index (Phi) is 6.79. The number of amides is 4. The molecule has 3 aliphatic heterocycles. The van der Waals surface area contributed by atoms with Gasteiger partial charge in [-0.2, -0.15) is 0 Å². The van der Waals surface area contributed by atoms with Crippen molar-refractivity contribution in [2.45, 2.75) is 31.3 Å². The van der Waals surface area contributed by atoms with Crippen molar-refractivity contribution < 1.29 is 19.2 Å². The van der Waals surface area contributed by atoms with Gasteiger partial charge in [0.1, 0.15) is 5.54 Å². The number of nitrogens with one attached hydrogen (secondary N) is 4. The summed E-state index contributed by atoms with van der Waals surface area (Å²) in [6.45, 7) is 1.69. The number of fused-ring (bicyclic) bond motifs is 4. The molecule has 0 aliphatic carbocycles. The highest BCUT2D eigenvalue weighted by Gasteiger charge is 2.71. The molecule has 0 radical (unpaired) electrons. The summed E-state index contributed by atoms with van der Waals surface area (Å²) in [5.41, 5.74) is 4.16. The summed E-state index contributed by atoms with van der Waals surface area (Å²) in [7, 11) is 0. The number of halogens is 4. The molecular weight excluding hydrogens is 564 g/mol. The number of hydrogen-bond donors (Lipinski definition) is 4. The zero-order chi connectivity index (χ0) is 26.6. The second-order valence-corrected chi connectivity index (χ2v) is 11.0. The Hall–Kier alpha value is -2.56. The van der Waals surface area contributed by atoms with E-state index in [1.54, 1.807) is 6.07 Å². The van der Waals surface area contributed by atoms with Crippen LogP contribution in [0, 0.1) is 11.8 Å². The summed E-state index contributed by atoms with van der Waals surface area (Å²) in [5, 5.41) is 6.75. The smallest absolute Gasteiger partial charge is 0.250 e. The Morgan fingerprint density at radius 3 is 2.32 bits per heavy atom. The molecule has 194 valence electrons. The molecule has 5 rings (SSSR count). The van der Waals surface area contributed by atoms with Crippen LogP contribution >= 0.6 is 46.4 Å². The van der Waals surface area contributed by atoms with E-state index in [2.05, 4.69) is 21.5 Å². The average Bonchev–Trinajstić information content (AvgIpc) is 3.45. The second-order valence-electron chi connectivity index (χ2n) is 9.25. The standard InChI is InChI=1S/C24H21Cl4N5O4/c1-10(34)31-32-22(36)19-18(21(35)29-14-6-11(25)5-12(26)7-14)17-3-2-4-33(17)24(19)15-8-13(27)9-16(28)20(15)30-23(24)37/h5-9,17-19H,2-4H2,1H3,(H,29,35)(H,30,37)(H,31,34)(H,32,36)/t17-,18+,19-,24?/m1/s1. The van der Waals surface area contributed by atoms with Gasteiger partial charge in [0.2, 0.25) is 17.7 Å². The molecule has 4 N–H and O–H groups in total. The summed E-state index contributed by atoms with van der Waals surface area (Å²) in [6, 6.07) is 7.22. The zero-order valence-electron chi connectivity index (χ0n) is 19.3. The molecule has 3 aliphatic rings. The fourth-order valence-corrected chi connectivity index (χ4v) is 7.02. The molecule has 9 nitrogen and oxygen atoms in total. The van der Waals surface area contributed by atoms with E-state index in [9.17, 15) is 19.2 Å². The summed E-state index contributed by atoms with van der Waals surface area (Å²) in [6.07, 6.45) is 1.27. The molecule has 0 saturated carbocycles. The highest BCUT2D eigenvalue weighted by Crippen LogP contribution is 2.59. The van der Waals surface area contributed by atoms with Gasteiger partial charge in [0, 0.05) is 39.3 Å². The van der Waals surface area contributed by atoms with Crippen LogP contribution in [0.2, 0.25) is 20.1 Å². The van der Waals surface area contributed by atoms with E-state index in [-0.39, 0.29) is 10.0 Å². The van der Waals surface area contributed by atoms with Gasteiger partial charge in [-0.05, 0) is 49.7 Å². The van der Waals surface area contributed by atoms with Crippen LogP contribution in [0.1, 0.15) is 25.3 Å². The Bertz CT molecular complexity index is 1330. The maximum absolute atomic E-state index is 13.9. The van der Waals surface area contributed by atoms with Crippen molar-refractivity contribution in [1.29, 1.82) is 0 Å². The number of anilines is 2. The maximum Gasteiger partial charge on any atom is 0.250 e. The minimum absolute atomic E-state index is 0.214. The highest BCUT2D eigenvalue weighted by atomic mass is 35.5. The van der Waals surface area contributed by atoms with Crippen molar-refractivity contribution in [2.24, 2.45) is 11.8 Å². The molecule has 37 heavy (non-hydrogen) atoms. The lowest BCUT2D eigenvalue weighted by Gasteiger charge is -2.36. The molecule has 4 amide bonds. The molecule has 2 aromatic rings. The first kappa shape index (κ1) is 26.1. The molecule has 2 aromatic carbocycles. The van der Waals surface area contributed by atoms with Gasteiger partial charge in [-0.1, -0.05) is 46.4 Å². The van der Waals surface area contributed by atoms with Gasteiger partial charge in [0.25, 0.3) is 5.91 Å². The topological polar surface area (TPSA) is 120 Å². The van der Waals surface area contributed by atoms with E-state index < -0.39 is 47.0 Å². The molecule has 13 heteroatoms. The van der Waals surface area contributed by atoms with Gasteiger partial charge < -0.3 is 10.6 Å². The lowest BCUT2D eigenvalue weighted by atomic mass is 9.73. The largest absolute Gasteiger partial charge is 0.326 e. The molecule has 2 saturated heterocycles. The number of rotatable bonds is 3. The lowest BCUT2D eigenvalue weighted by Crippen LogP contribution is -2.57. The van der Waals surface area contributed by atoms with Crippen LogP contribution in [0.15, 0.2) is 30.3 Å². The van der Waals surface area contributed by atoms with Gasteiger partial charge in [-0.3, -0.25) is 34.9 Å². The molecule has 4 atom stereocenters. The van der Waals surface area contributed by atoms with Crippen LogP contribution in [0.4, 0.5) is 11.4 Å². The number of carbonyl (C=O) groups is 4. The molecule has 0 bridgehead atoms. The molecule has 1 spiro atoms. The molecular formula is C24H21Cl4N5O4. The summed E-state index contributed by atoms with van der Waals surface area (Å²) < 4.78 is 0. The highest BCUT2D eigenvalue weighted by molar-refractivity contribution is 6.38. The lowest BCUT2D eigenvalue weighted by molar-refractivity contribution is -0.141. The number of benzene rings is 2. The minimum atomic E-state index is -1.58. The third-order valence-corrected chi connectivity index (χ3v) is 8.06. The first-order valence-electron chi connectivity index (χ1n) is 11.4. The van der Waals surface area contributed by atoms with Crippen molar-refractivity contribution in [1.82, 2.24) is 15.8 Å². The Labute approximate surface area is 232 Å². The van der Waals surface area contributed by atoms with Crippen molar-refractivity contribution in [3.63, 3.8) is 0 Å². The van der Waals surface area contributed by atoms with Crippen LogP contribution < -0.4 is 21.5 Å². The van der Waals surface area contributed by atoms with Crippen molar-refractivity contribution in [3.05, 3.63) is 56.0 Å². The molecule has 3 heterocycles. The van der Waals surface area contributed by atoms with E-state index >= 15 is 0 Å². The van der Waals surface area contributed by atoms with Crippen LogP contribution in [0.3, 0.4) is 0 Å². The fourth-order valence-electron chi connectivity index (χ4n) is 5.95. The van der Waals surface area contributed by atoms with Crippen LogP contribution in [-0.2, 0) is 24.7 Å². The van der Waals surface area contributed by atoms with Crippen LogP contribution in [0.25, 0.3) is 0 Å². The SMILES string of the molecule is CC(=O)NNC(=O)[C@H]1[C@@H](C(=O)Nc2cc(Cl)cc(Cl)c2)[C@H]2CCCN2C12C(=O)Nc1c(Cl)cc(Cl)cc12. The summed E-state index contributed by atoms with van der Waals surface area (Å²) in [4.78, 5) is 54.9. The number of carbonyl (C=O) groups excluding carboxylic acids is 4. The third kappa shape index (κ3) is 4.23. The van der Waals surface area contributed by atoms with E-state index in [1.165, 1.54) is 31.2 Å². The van der Waals surface area contributed by atoms with Gasteiger partial charge >= 0.3 is 0 Å². The average molecular weight is 585 g/mol. The van der Waals surface area contributed by atoms with Crippen LogP contribution in [0.5, 0.6) is 0 Å². The van der Waals surface area contributed by atoms with E-state index in [0.717, 1.165) is 0 Å². The number of hydrazine groups is 1. The van der Waals surface area contributed by atoms with Crippen molar-refractivity contribution >= 4 is 81.4 Å². The predicted molar refractivity (Wildman–Crippen MR) is 141 cm³/mol. The van der Waals surface area contributed by atoms with Gasteiger partial charge in [-0.15, -0.1) is 0 Å². The summed E-state index contributed by atoms with van der Waals surface area (Å²) in [5.74, 6) is -4.43. The quantitative estimate of drug-likeness (QED) is 0.407. The second kappa shape index (κ2) is 9.63. The molecule has 1 unspecified atom stereocenters. The Morgan fingerprint density at radius 2 is 1.65 bits per heavy atom. The number of hydrogen-bond acceptors (Lipinski definition) is 5. The van der Waals surface area contributed by atoms with Gasteiger partial charge in [0.05, 0.1) is 22.5 Å². The monoisotopic (exact) mass is 583 g/mol. The summed E-state index contributed by atoms with van der Waals surface area (Å²) >= 11 is 25.0. The normalized spacial score (nSPS) is 26.0. The first-order chi connectivity index (χ1) is 17.5.